The van der Waals surface area contributed by atoms with Crippen molar-refractivity contribution in [1.82, 2.24) is 4.98 Å². The fourth-order valence-corrected chi connectivity index (χ4v) is 2.36. The minimum atomic E-state index is 0.635. The number of pyridine rings is 1. The first-order chi connectivity index (χ1) is 7.84. The molecular weight excluding hydrogens is 196 g/mol. The van der Waals surface area contributed by atoms with E-state index in [2.05, 4.69) is 29.4 Å². The molecule has 0 unspecified atom stereocenters. The molecule has 2 rings (SSSR count). The lowest BCUT2D eigenvalue weighted by molar-refractivity contribution is 0.471. The van der Waals surface area contributed by atoms with Gasteiger partial charge in [0.1, 0.15) is 5.82 Å². The molecule has 2 nitrogen and oxygen atoms in total. The third-order valence-electron chi connectivity index (χ3n) is 3.37. The highest BCUT2D eigenvalue weighted by atomic mass is 15.0. The lowest BCUT2D eigenvalue weighted by atomic mass is 9.97. The predicted octanol–water partition coefficient (Wildman–Crippen LogP) is 3.91. The monoisotopic (exact) mass is 218 g/mol. The van der Waals surface area contributed by atoms with Crippen LogP contribution in [0.4, 0.5) is 5.82 Å². The Labute approximate surface area is 98.5 Å². The molecule has 0 bridgehead atoms. The summed E-state index contributed by atoms with van der Waals surface area (Å²) in [5.74, 6) is 1.04. The summed E-state index contributed by atoms with van der Waals surface area (Å²) in [6.07, 6.45) is 11.5. The first-order valence-corrected chi connectivity index (χ1v) is 6.54. The van der Waals surface area contributed by atoms with E-state index in [0.29, 0.717) is 6.04 Å². The highest BCUT2D eigenvalue weighted by Crippen LogP contribution is 2.19. The van der Waals surface area contributed by atoms with E-state index in [0.717, 1.165) is 5.82 Å². The zero-order valence-corrected chi connectivity index (χ0v) is 10.2. The molecule has 1 saturated carbocycles. The van der Waals surface area contributed by atoms with E-state index in [1.807, 2.05) is 6.20 Å². The maximum absolute atomic E-state index is 4.42. The van der Waals surface area contributed by atoms with Gasteiger partial charge in [0.2, 0.25) is 0 Å². The number of hydrogen-bond donors (Lipinski definition) is 1. The number of nitrogens with zero attached hydrogens (tertiary/aromatic N) is 1. The van der Waals surface area contributed by atoms with E-state index in [1.54, 1.807) is 0 Å². The molecule has 1 aromatic heterocycles. The third kappa shape index (κ3) is 3.51. The third-order valence-corrected chi connectivity index (χ3v) is 3.37. The van der Waals surface area contributed by atoms with Gasteiger partial charge in [0.05, 0.1) is 0 Å². The number of hydrogen-bond acceptors (Lipinski definition) is 2. The van der Waals surface area contributed by atoms with Crippen molar-refractivity contribution in [2.75, 3.05) is 5.32 Å². The normalized spacial score (nSPS) is 18.8. The lowest BCUT2D eigenvalue weighted by Gasteiger charge is -2.21. The molecule has 0 saturated heterocycles. The molecule has 1 N–H and O–H groups in total. The minimum absolute atomic E-state index is 0.635. The number of aromatic nitrogens is 1. The van der Waals surface area contributed by atoms with Crippen LogP contribution in [0.5, 0.6) is 0 Å². The molecule has 0 spiro atoms. The maximum atomic E-state index is 4.42. The van der Waals surface area contributed by atoms with Crippen LogP contribution in [0.2, 0.25) is 0 Å². The van der Waals surface area contributed by atoms with Crippen molar-refractivity contribution in [3.8, 4) is 0 Å². The summed E-state index contributed by atoms with van der Waals surface area (Å²) in [6, 6.07) is 4.85. The van der Waals surface area contributed by atoms with Crippen LogP contribution in [0, 0.1) is 6.92 Å². The molecule has 16 heavy (non-hydrogen) atoms. The predicted molar refractivity (Wildman–Crippen MR) is 68.7 cm³/mol. The molecule has 0 atom stereocenters. The molecule has 0 aliphatic heterocycles. The molecule has 2 heteroatoms. The summed E-state index contributed by atoms with van der Waals surface area (Å²) in [5, 5.41) is 3.56. The van der Waals surface area contributed by atoms with Crippen molar-refractivity contribution >= 4 is 5.82 Å². The Morgan fingerprint density at radius 2 is 1.75 bits per heavy atom. The van der Waals surface area contributed by atoms with Crippen molar-refractivity contribution < 1.29 is 0 Å². The average Bonchev–Trinajstić information content (AvgIpc) is 2.25. The summed E-state index contributed by atoms with van der Waals surface area (Å²) in [6.45, 7) is 2.08. The molecule has 0 amide bonds. The van der Waals surface area contributed by atoms with Crippen LogP contribution in [-0.4, -0.2) is 11.0 Å². The van der Waals surface area contributed by atoms with E-state index in [-0.39, 0.29) is 0 Å². The smallest absolute Gasteiger partial charge is 0.126 e. The van der Waals surface area contributed by atoms with E-state index in [1.165, 1.54) is 50.5 Å². The molecule has 0 radical (unpaired) electrons. The molecule has 0 aromatic carbocycles. The largest absolute Gasteiger partial charge is 0.367 e. The van der Waals surface area contributed by atoms with Gasteiger partial charge in [-0.1, -0.05) is 38.2 Å². The summed E-state index contributed by atoms with van der Waals surface area (Å²) < 4.78 is 0. The molecule has 1 fully saturated rings. The quantitative estimate of drug-likeness (QED) is 0.814. The van der Waals surface area contributed by atoms with Crippen LogP contribution < -0.4 is 5.32 Å². The molecular formula is C14H22N2. The van der Waals surface area contributed by atoms with Gasteiger partial charge >= 0.3 is 0 Å². The Hall–Kier alpha value is -1.05. The molecule has 1 aliphatic carbocycles. The first-order valence-electron chi connectivity index (χ1n) is 6.54. The second-order valence-corrected chi connectivity index (χ2v) is 4.91. The van der Waals surface area contributed by atoms with Crippen LogP contribution >= 0.6 is 0 Å². The minimum Gasteiger partial charge on any atom is -0.367 e. The number of aryl methyl sites for hydroxylation is 1. The van der Waals surface area contributed by atoms with Crippen molar-refractivity contribution in [3.63, 3.8) is 0 Å². The highest BCUT2D eigenvalue weighted by molar-refractivity contribution is 5.36. The maximum Gasteiger partial charge on any atom is 0.126 e. The van der Waals surface area contributed by atoms with Crippen LogP contribution in [0.3, 0.4) is 0 Å². The van der Waals surface area contributed by atoms with Gasteiger partial charge in [-0.3, -0.25) is 0 Å². The van der Waals surface area contributed by atoms with Crippen LogP contribution in [0.25, 0.3) is 0 Å². The van der Waals surface area contributed by atoms with Crippen LogP contribution in [-0.2, 0) is 0 Å². The van der Waals surface area contributed by atoms with Gasteiger partial charge in [-0.05, 0) is 31.4 Å². The number of rotatable bonds is 2. The van der Waals surface area contributed by atoms with Crippen LogP contribution in [0.1, 0.15) is 50.5 Å². The van der Waals surface area contributed by atoms with Crippen molar-refractivity contribution in [1.29, 1.82) is 0 Å². The van der Waals surface area contributed by atoms with E-state index in [9.17, 15) is 0 Å². The topological polar surface area (TPSA) is 24.9 Å². The van der Waals surface area contributed by atoms with Gasteiger partial charge in [0, 0.05) is 12.2 Å². The van der Waals surface area contributed by atoms with E-state index < -0.39 is 0 Å². The second-order valence-electron chi connectivity index (χ2n) is 4.91. The van der Waals surface area contributed by atoms with E-state index in [4.69, 9.17) is 0 Å². The first kappa shape index (κ1) is 11.4. The molecule has 1 heterocycles. The molecule has 88 valence electrons. The zero-order valence-electron chi connectivity index (χ0n) is 10.2. The fourth-order valence-electron chi connectivity index (χ4n) is 2.36. The van der Waals surface area contributed by atoms with Gasteiger partial charge in [0.25, 0.3) is 0 Å². The lowest BCUT2D eigenvalue weighted by Crippen LogP contribution is -2.21. The number of nitrogens with one attached hydrogen (secondary N) is 1. The summed E-state index contributed by atoms with van der Waals surface area (Å²) >= 11 is 0. The van der Waals surface area contributed by atoms with Crippen molar-refractivity contribution in [2.45, 2.75) is 57.9 Å². The number of anilines is 1. The Morgan fingerprint density at radius 1 is 1.06 bits per heavy atom. The standard InChI is InChI=1S/C14H22N2/c1-12-9-10-14(15-11-12)16-13-7-5-3-2-4-6-8-13/h9-11,13H,2-8H2,1H3,(H,15,16). The second kappa shape index (κ2) is 5.88. The summed E-state index contributed by atoms with van der Waals surface area (Å²) in [7, 11) is 0. The Bertz CT molecular complexity index is 297. The summed E-state index contributed by atoms with van der Waals surface area (Å²) in [4.78, 5) is 4.42. The van der Waals surface area contributed by atoms with E-state index >= 15 is 0 Å². The Balaban J connectivity index is 1.89. The fraction of sp³-hybridized carbons (Fsp3) is 0.643. The summed E-state index contributed by atoms with van der Waals surface area (Å²) in [5.41, 5.74) is 1.23. The molecule has 1 aliphatic rings. The van der Waals surface area contributed by atoms with Crippen molar-refractivity contribution in [2.24, 2.45) is 0 Å². The van der Waals surface area contributed by atoms with Gasteiger partial charge in [0.15, 0.2) is 0 Å². The highest BCUT2D eigenvalue weighted by Gasteiger charge is 2.11. The Kier molecular flexibility index (Phi) is 4.20. The Morgan fingerprint density at radius 3 is 2.38 bits per heavy atom. The van der Waals surface area contributed by atoms with Gasteiger partial charge < -0.3 is 5.32 Å². The average molecular weight is 218 g/mol. The zero-order chi connectivity index (χ0) is 11.2. The van der Waals surface area contributed by atoms with Crippen LogP contribution in [0.15, 0.2) is 18.3 Å². The van der Waals surface area contributed by atoms with Gasteiger partial charge in [-0.15, -0.1) is 0 Å². The van der Waals surface area contributed by atoms with Gasteiger partial charge in [-0.25, -0.2) is 4.98 Å². The van der Waals surface area contributed by atoms with Gasteiger partial charge in [-0.2, -0.15) is 0 Å². The van der Waals surface area contributed by atoms with Crippen molar-refractivity contribution in [3.05, 3.63) is 23.9 Å². The molecule has 1 aromatic rings. The SMILES string of the molecule is Cc1ccc(NC2CCCCCCC2)nc1.